The predicted octanol–water partition coefficient (Wildman–Crippen LogP) is 3.12. The van der Waals surface area contributed by atoms with Gasteiger partial charge in [-0.3, -0.25) is 0 Å². The van der Waals surface area contributed by atoms with E-state index in [4.69, 9.17) is 17.3 Å². The first-order valence-electron chi connectivity index (χ1n) is 5.08. The molecule has 0 bridgehead atoms. The Kier molecular flexibility index (Phi) is 3.22. The molecule has 2 aromatic rings. The fraction of sp³-hybridized carbons (Fsp3) is 0.273. The highest BCUT2D eigenvalue weighted by molar-refractivity contribution is 7.09. The van der Waals surface area contributed by atoms with Crippen LogP contribution in [0.2, 0.25) is 5.02 Å². The first-order chi connectivity index (χ1) is 7.99. The minimum absolute atomic E-state index is 0.319. The predicted molar refractivity (Wildman–Crippen MR) is 72.4 cm³/mol. The lowest BCUT2D eigenvalue weighted by Crippen LogP contribution is -2.28. The second kappa shape index (κ2) is 4.50. The third kappa shape index (κ3) is 2.68. The third-order valence-electron chi connectivity index (χ3n) is 2.26. The summed E-state index contributed by atoms with van der Waals surface area (Å²) in [7, 11) is 0. The van der Waals surface area contributed by atoms with Gasteiger partial charge < -0.3 is 11.1 Å². The second-order valence-electron chi connectivity index (χ2n) is 4.19. The van der Waals surface area contributed by atoms with Crippen LogP contribution in [0.1, 0.15) is 18.9 Å². The van der Waals surface area contributed by atoms with Crippen LogP contribution >= 0.6 is 22.9 Å². The summed E-state index contributed by atoms with van der Waals surface area (Å²) in [6, 6.07) is 1.68. The number of anilines is 2. The smallest absolute Gasteiger partial charge is 0.145 e. The highest BCUT2D eigenvalue weighted by atomic mass is 35.5. The standard InChI is InChI=1S/C11H13ClN4S/c1-11(2,10-14-3-4-17-10)16-9-8(12)5-7(13)6-15-9/h3-6H,13H2,1-2H3,(H,15,16). The van der Waals surface area contributed by atoms with Crippen molar-refractivity contribution < 1.29 is 0 Å². The number of hydrogen-bond acceptors (Lipinski definition) is 5. The van der Waals surface area contributed by atoms with Crippen molar-refractivity contribution in [3.05, 3.63) is 33.9 Å². The van der Waals surface area contributed by atoms with E-state index in [1.165, 1.54) is 0 Å². The van der Waals surface area contributed by atoms with E-state index in [1.54, 1.807) is 29.8 Å². The van der Waals surface area contributed by atoms with Crippen molar-refractivity contribution in [3.63, 3.8) is 0 Å². The summed E-state index contributed by atoms with van der Waals surface area (Å²) in [5.41, 5.74) is 5.83. The van der Waals surface area contributed by atoms with Crippen molar-refractivity contribution in [2.24, 2.45) is 0 Å². The molecule has 0 aliphatic carbocycles. The maximum absolute atomic E-state index is 6.07. The van der Waals surface area contributed by atoms with Gasteiger partial charge >= 0.3 is 0 Å². The molecule has 2 aromatic heterocycles. The Morgan fingerprint density at radius 1 is 1.41 bits per heavy atom. The zero-order valence-corrected chi connectivity index (χ0v) is 11.1. The molecule has 0 aromatic carbocycles. The number of hydrogen-bond donors (Lipinski definition) is 2. The van der Waals surface area contributed by atoms with Gasteiger partial charge in [-0.15, -0.1) is 11.3 Å². The lowest BCUT2D eigenvalue weighted by atomic mass is 10.1. The Morgan fingerprint density at radius 2 is 2.18 bits per heavy atom. The Bertz CT molecular complexity index is 510. The Balaban J connectivity index is 2.26. The van der Waals surface area contributed by atoms with E-state index >= 15 is 0 Å². The van der Waals surface area contributed by atoms with Crippen LogP contribution in [0, 0.1) is 0 Å². The highest BCUT2D eigenvalue weighted by Gasteiger charge is 2.24. The van der Waals surface area contributed by atoms with Crippen LogP contribution in [-0.2, 0) is 5.54 Å². The molecule has 4 nitrogen and oxygen atoms in total. The number of nitrogens with two attached hydrogens (primary N) is 1. The molecule has 0 aliphatic heterocycles. The van der Waals surface area contributed by atoms with Gasteiger partial charge in [0.25, 0.3) is 0 Å². The molecule has 90 valence electrons. The SMILES string of the molecule is CC(C)(Nc1ncc(N)cc1Cl)c1nccs1. The lowest BCUT2D eigenvalue weighted by Gasteiger charge is -2.25. The molecule has 0 atom stereocenters. The molecule has 0 radical (unpaired) electrons. The molecule has 6 heteroatoms. The number of nitrogens with zero attached hydrogens (tertiary/aromatic N) is 2. The van der Waals surface area contributed by atoms with Crippen molar-refractivity contribution in [2.45, 2.75) is 19.4 Å². The molecule has 0 amide bonds. The molecule has 3 N–H and O–H groups in total. The molecule has 0 saturated carbocycles. The van der Waals surface area contributed by atoms with E-state index in [2.05, 4.69) is 15.3 Å². The molecule has 0 aliphatic rings. The Labute approximate surface area is 109 Å². The molecule has 0 unspecified atom stereocenters. The molecule has 0 saturated heterocycles. The molecular weight excluding hydrogens is 256 g/mol. The number of rotatable bonds is 3. The van der Waals surface area contributed by atoms with Crippen molar-refractivity contribution in [1.29, 1.82) is 0 Å². The maximum Gasteiger partial charge on any atom is 0.145 e. The van der Waals surface area contributed by atoms with Gasteiger partial charge in [0.2, 0.25) is 0 Å². The fourth-order valence-electron chi connectivity index (χ4n) is 1.43. The summed E-state index contributed by atoms with van der Waals surface area (Å²) < 4.78 is 0. The summed E-state index contributed by atoms with van der Waals surface area (Å²) >= 11 is 7.66. The molecule has 0 fully saturated rings. The van der Waals surface area contributed by atoms with Gasteiger partial charge in [0.05, 0.1) is 22.4 Å². The summed E-state index contributed by atoms with van der Waals surface area (Å²) in [5.74, 6) is 0.612. The normalized spacial score (nSPS) is 11.5. The Hall–Kier alpha value is -1.33. The van der Waals surface area contributed by atoms with Gasteiger partial charge in [-0.2, -0.15) is 0 Å². The average Bonchev–Trinajstić information content (AvgIpc) is 2.76. The summed E-state index contributed by atoms with van der Waals surface area (Å²) in [5, 5.41) is 6.69. The molecule has 17 heavy (non-hydrogen) atoms. The number of nitrogens with one attached hydrogen (secondary N) is 1. The zero-order valence-electron chi connectivity index (χ0n) is 9.57. The topological polar surface area (TPSA) is 63.8 Å². The summed E-state index contributed by atoms with van der Waals surface area (Å²) in [4.78, 5) is 8.47. The first kappa shape index (κ1) is 12.1. The monoisotopic (exact) mass is 268 g/mol. The van der Waals surface area contributed by atoms with Gasteiger partial charge in [0.15, 0.2) is 0 Å². The van der Waals surface area contributed by atoms with Gasteiger partial charge in [0.1, 0.15) is 10.8 Å². The van der Waals surface area contributed by atoms with E-state index in [0.717, 1.165) is 5.01 Å². The van der Waals surface area contributed by atoms with Crippen LogP contribution in [0.3, 0.4) is 0 Å². The molecule has 2 rings (SSSR count). The summed E-state index contributed by atoms with van der Waals surface area (Å²) in [6.07, 6.45) is 3.35. The second-order valence-corrected chi connectivity index (χ2v) is 5.49. The Morgan fingerprint density at radius 3 is 2.76 bits per heavy atom. The fourth-order valence-corrected chi connectivity index (χ4v) is 2.37. The van der Waals surface area contributed by atoms with Crippen LogP contribution in [-0.4, -0.2) is 9.97 Å². The number of aromatic nitrogens is 2. The number of halogens is 1. The average molecular weight is 269 g/mol. The quantitative estimate of drug-likeness (QED) is 0.898. The van der Waals surface area contributed by atoms with Crippen molar-refractivity contribution >= 4 is 34.4 Å². The van der Waals surface area contributed by atoms with E-state index in [9.17, 15) is 0 Å². The van der Waals surface area contributed by atoms with E-state index in [-0.39, 0.29) is 5.54 Å². The van der Waals surface area contributed by atoms with Crippen molar-refractivity contribution in [1.82, 2.24) is 9.97 Å². The van der Waals surface area contributed by atoms with E-state index in [1.807, 2.05) is 19.2 Å². The number of nitrogen functional groups attached to an aromatic ring is 1. The lowest BCUT2D eigenvalue weighted by molar-refractivity contribution is 0.601. The van der Waals surface area contributed by atoms with Gasteiger partial charge in [-0.25, -0.2) is 9.97 Å². The van der Waals surface area contributed by atoms with Crippen LogP contribution in [0.15, 0.2) is 23.8 Å². The van der Waals surface area contributed by atoms with Gasteiger partial charge in [-0.05, 0) is 19.9 Å². The van der Waals surface area contributed by atoms with E-state index < -0.39 is 0 Å². The molecule has 2 heterocycles. The van der Waals surface area contributed by atoms with Crippen LogP contribution in [0.4, 0.5) is 11.5 Å². The van der Waals surface area contributed by atoms with E-state index in [0.29, 0.717) is 16.5 Å². The van der Waals surface area contributed by atoms with Crippen molar-refractivity contribution in [2.75, 3.05) is 11.1 Å². The van der Waals surface area contributed by atoms with Crippen LogP contribution in [0.25, 0.3) is 0 Å². The van der Waals surface area contributed by atoms with Gasteiger partial charge in [-0.1, -0.05) is 11.6 Å². The molecule has 0 spiro atoms. The highest BCUT2D eigenvalue weighted by Crippen LogP contribution is 2.30. The minimum Gasteiger partial charge on any atom is -0.397 e. The summed E-state index contributed by atoms with van der Waals surface area (Å²) in [6.45, 7) is 4.06. The van der Waals surface area contributed by atoms with Gasteiger partial charge in [0, 0.05) is 11.6 Å². The number of thiazole rings is 1. The minimum atomic E-state index is -0.319. The largest absolute Gasteiger partial charge is 0.397 e. The van der Waals surface area contributed by atoms with Crippen LogP contribution < -0.4 is 11.1 Å². The maximum atomic E-state index is 6.07. The van der Waals surface area contributed by atoms with Crippen LogP contribution in [0.5, 0.6) is 0 Å². The number of pyridine rings is 1. The molecular formula is C11H13ClN4S. The van der Waals surface area contributed by atoms with Crippen molar-refractivity contribution in [3.8, 4) is 0 Å². The zero-order chi connectivity index (χ0) is 12.5. The third-order valence-corrected chi connectivity index (χ3v) is 3.65. The first-order valence-corrected chi connectivity index (χ1v) is 6.34.